The molecule has 2 aromatic rings. The van der Waals surface area contributed by atoms with Crippen molar-refractivity contribution in [2.45, 2.75) is 6.54 Å². The molecule has 2 nitrogen and oxygen atoms in total. The number of carbonyl (C=O) groups is 1. The Morgan fingerprint density at radius 2 is 2.00 bits per heavy atom. The molecule has 0 bridgehead atoms. The first-order valence-corrected chi connectivity index (χ1v) is 5.11. The molecular formula is C14H10FNO. The van der Waals surface area contributed by atoms with Crippen LogP contribution in [-0.4, -0.2) is 10.4 Å². The van der Waals surface area contributed by atoms with Crippen LogP contribution in [0, 0.1) is 18.2 Å². The lowest BCUT2D eigenvalue weighted by atomic mass is 10.1. The molecule has 0 saturated carbocycles. The van der Waals surface area contributed by atoms with Crippen molar-refractivity contribution in [3.05, 3.63) is 59.7 Å². The summed E-state index contributed by atoms with van der Waals surface area (Å²) in [5.74, 6) is 1.95. The van der Waals surface area contributed by atoms with Crippen LogP contribution in [0.4, 0.5) is 4.39 Å². The number of carbonyl (C=O) groups excluding carboxylic acids is 1. The van der Waals surface area contributed by atoms with Crippen molar-refractivity contribution in [1.82, 2.24) is 4.57 Å². The molecule has 0 N–H and O–H groups in total. The van der Waals surface area contributed by atoms with Gasteiger partial charge in [0, 0.05) is 11.8 Å². The topological polar surface area (TPSA) is 22.0 Å². The highest BCUT2D eigenvalue weighted by molar-refractivity contribution is 6.07. The van der Waals surface area contributed by atoms with E-state index in [0.717, 1.165) is 0 Å². The Bertz CT molecular complexity index is 575. The van der Waals surface area contributed by atoms with Crippen LogP contribution >= 0.6 is 0 Å². The number of terminal acetylenes is 1. The molecule has 0 saturated heterocycles. The number of nitrogens with zero attached hydrogens (tertiary/aromatic N) is 1. The summed E-state index contributed by atoms with van der Waals surface area (Å²) in [5, 5.41) is 0. The predicted molar refractivity (Wildman–Crippen MR) is 63.1 cm³/mol. The molecular weight excluding hydrogens is 217 g/mol. The van der Waals surface area contributed by atoms with Crippen LogP contribution in [0.2, 0.25) is 0 Å². The molecule has 3 heteroatoms. The second-order valence-corrected chi connectivity index (χ2v) is 3.56. The van der Waals surface area contributed by atoms with Crippen molar-refractivity contribution in [2.75, 3.05) is 0 Å². The average molecular weight is 227 g/mol. The van der Waals surface area contributed by atoms with E-state index in [1.807, 2.05) is 0 Å². The van der Waals surface area contributed by atoms with Gasteiger partial charge in [0.15, 0.2) is 0 Å². The SMILES string of the molecule is C#CCn1cccc1C(=O)c1ccc(F)cc1. The van der Waals surface area contributed by atoms with Crippen molar-refractivity contribution in [1.29, 1.82) is 0 Å². The van der Waals surface area contributed by atoms with Gasteiger partial charge in [0.25, 0.3) is 0 Å². The number of hydrogen-bond acceptors (Lipinski definition) is 1. The summed E-state index contributed by atoms with van der Waals surface area (Å²) in [4.78, 5) is 12.1. The van der Waals surface area contributed by atoms with E-state index in [1.165, 1.54) is 24.3 Å². The van der Waals surface area contributed by atoms with Crippen LogP contribution in [-0.2, 0) is 6.54 Å². The van der Waals surface area contributed by atoms with Gasteiger partial charge < -0.3 is 4.57 Å². The average Bonchev–Trinajstić information content (AvgIpc) is 2.78. The maximum Gasteiger partial charge on any atom is 0.209 e. The van der Waals surface area contributed by atoms with Gasteiger partial charge in [0.05, 0.1) is 12.2 Å². The van der Waals surface area contributed by atoms with Gasteiger partial charge in [-0.25, -0.2) is 4.39 Å². The van der Waals surface area contributed by atoms with Crippen LogP contribution in [0.25, 0.3) is 0 Å². The molecule has 0 aliphatic carbocycles. The summed E-state index contributed by atoms with van der Waals surface area (Å²) in [7, 11) is 0. The summed E-state index contributed by atoms with van der Waals surface area (Å²) in [6, 6.07) is 8.91. The molecule has 17 heavy (non-hydrogen) atoms. The molecule has 2 rings (SSSR count). The molecule has 0 amide bonds. The van der Waals surface area contributed by atoms with E-state index in [2.05, 4.69) is 5.92 Å². The molecule has 84 valence electrons. The monoisotopic (exact) mass is 227 g/mol. The van der Waals surface area contributed by atoms with Crippen molar-refractivity contribution < 1.29 is 9.18 Å². The molecule has 0 unspecified atom stereocenters. The Morgan fingerprint density at radius 1 is 1.29 bits per heavy atom. The minimum Gasteiger partial charge on any atom is -0.333 e. The fourth-order valence-electron chi connectivity index (χ4n) is 1.61. The summed E-state index contributed by atoms with van der Waals surface area (Å²) in [6.07, 6.45) is 6.96. The van der Waals surface area contributed by atoms with Crippen molar-refractivity contribution in [3.8, 4) is 12.3 Å². The van der Waals surface area contributed by atoms with Gasteiger partial charge in [-0.15, -0.1) is 6.42 Å². The lowest BCUT2D eigenvalue weighted by molar-refractivity contribution is 0.103. The highest BCUT2D eigenvalue weighted by Gasteiger charge is 2.12. The normalized spacial score (nSPS) is 9.88. The van der Waals surface area contributed by atoms with Gasteiger partial charge in [0.1, 0.15) is 5.82 Å². The third-order valence-electron chi connectivity index (χ3n) is 2.43. The predicted octanol–water partition coefficient (Wildman–Crippen LogP) is 2.49. The van der Waals surface area contributed by atoms with E-state index >= 15 is 0 Å². The fourth-order valence-corrected chi connectivity index (χ4v) is 1.61. The van der Waals surface area contributed by atoms with E-state index in [9.17, 15) is 9.18 Å². The minimum atomic E-state index is -0.361. The first-order chi connectivity index (χ1) is 8.22. The maximum atomic E-state index is 12.7. The van der Waals surface area contributed by atoms with Gasteiger partial charge >= 0.3 is 0 Å². The van der Waals surface area contributed by atoms with Crippen LogP contribution in [0.15, 0.2) is 42.6 Å². The minimum absolute atomic E-state index is 0.162. The largest absolute Gasteiger partial charge is 0.333 e. The van der Waals surface area contributed by atoms with Crippen LogP contribution in [0.3, 0.4) is 0 Å². The van der Waals surface area contributed by atoms with Gasteiger partial charge in [-0.05, 0) is 36.4 Å². The summed E-state index contributed by atoms with van der Waals surface area (Å²) >= 11 is 0. The Labute approximate surface area is 98.7 Å². The van der Waals surface area contributed by atoms with Crippen molar-refractivity contribution in [2.24, 2.45) is 0 Å². The van der Waals surface area contributed by atoms with E-state index in [1.54, 1.807) is 22.9 Å². The molecule has 0 radical (unpaired) electrons. The van der Waals surface area contributed by atoms with Crippen LogP contribution < -0.4 is 0 Å². The molecule has 0 spiro atoms. The number of aromatic nitrogens is 1. The van der Waals surface area contributed by atoms with E-state index in [0.29, 0.717) is 17.8 Å². The molecule has 0 aliphatic rings. The smallest absolute Gasteiger partial charge is 0.209 e. The first kappa shape index (κ1) is 11.2. The van der Waals surface area contributed by atoms with E-state index < -0.39 is 0 Å². The van der Waals surface area contributed by atoms with Gasteiger partial charge in [0.2, 0.25) is 5.78 Å². The van der Waals surface area contributed by atoms with Crippen LogP contribution in [0.5, 0.6) is 0 Å². The zero-order valence-electron chi connectivity index (χ0n) is 9.06. The second-order valence-electron chi connectivity index (χ2n) is 3.56. The molecule has 0 fully saturated rings. The van der Waals surface area contributed by atoms with E-state index in [4.69, 9.17) is 6.42 Å². The number of hydrogen-bond donors (Lipinski definition) is 0. The van der Waals surface area contributed by atoms with Gasteiger partial charge in [-0.1, -0.05) is 5.92 Å². The molecule has 1 aromatic carbocycles. The number of benzene rings is 1. The standard InChI is InChI=1S/C14H10FNO/c1-2-9-16-10-3-4-13(16)14(17)11-5-7-12(15)8-6-11/h1,3-8,10H,9H2. The Balaban J connectivity index is 2.34. The highest BCUT2D eigenvalue weighted by Crippen LogP contribution is 2.11. The maximum absolute atomic E-state index is 12.7. The summed E-state index contributed by atoms with van der Waals surface area (Å²) < 4.78 is 14.4. The summed E-state index contributed by atoms with van der Waals surface area (Å²) in [6.45, 7) is 0.343. The first-order valence-electron chi connectivity index (χ1n) is 5.11. The summed E-state index contributed by atoms with van der Waals surface area (Å²) in [5.41, 5.74) is 0.956. The third kappa shape index (κ3) is 2.26. The molecule has 1 aromatic heterocycles. The Hall–Kier alpha value is -2.34. The molecule has 0 atom stereocenters. The molecule has 0 aliphatic heterocycles. The number of ketones is 1. The zero-order chi connectivity index (χ0) is 12.3. The van der Waals surface area contributed by atoms with E-state index in [-0.39, 0.29) is 11.6 Å². The lowest BCUT2D eigenvalue weighted by Gasteiger charge is -2.04. The van der Waals surface area contributed by atoms with Crippen molar-refractivity contribution >= 4 is 5.78 Å². The van der Waals surface area contributed by atoms with Crippen molar-refractivity contribution in [3.63, 3.8) is 0 Å². The fraction of sp³-hybridized carbons (Fsp3) is 0.0714. The quantitative estimate of drug-likeness (QED) is 0.583. The number of halogens is 1. The second kappa shape index (κ2) is 4.67. The zero-order valence-corrected chi connectivity index (χ0v) is 9.06. The highest BCUT2D eigenvalue weighted by atomic mass is 19.1. The van der Waals surface area contributed by atoms with Crippen LogP contribution in [0.1, 0.15) is 16.1 Å². The lowest BCUT2D eigenvalue weighted by Crippen LogP contribution is -2.09. The number of rotatable bonds is 3. The van der Waals surface area contributed by atoms with Gasteiger partial charge in [-0.2, -0.15) is 0 Å². The Morgan fingerprint density at radius 3 is 2.65 bits per heavy atom. The van der Waals surface area contributed by atoms with Gasteiger partial charge in [-0.3, -0.25) is 4.79 Å². The Kier molecular flexibility index (Phi) is 3.06. The third-order valence-corrected chi connectivity index (χ3v) is 2.43. The molecule has 1 heterocycles.